The highest BCUT2D eigenvalue weighted by molar-refractivity contribution is 7.15. The highest BCUT2D eigenvalue weighted by Gasteiger charge is 2.15. The maximum atomic E-state index is 12.5. The number of carbonyl (C=O) groups is 1. The van der Waals surface area contributed by atoms with E-state index in [0.717, 1.165) is 33.9 Å². The molecular weight excluding hydrogens is 368 g/mol. The van der Waals surface area contributed by atoms with Crippen LogP contribution in [0.15, 0.2) is 42.1 Å². The quantitative estimate of drug-likeness (QED) is 0.494. The third kappa shape index (κ3) is 4.05. The predicted molar refractivity (Wildman–Crippen MR) is 114 cm³/mol. The molecule has 5 nitrogen and oxygen atoms in total. The molecule has 0 saturated carbocycles. The Morgan fingerprint density at radius 3 is 2.57 bits per heavy atom. The first-order valence-electron chi connectivity index (χ1n) is 9.06. The van der Waals surface area contributed by atoms with Crippen molar-refractivity contribution in [3.63, 3.8) is 0 Å². The number of anilines is 1. The molecule has 0 saturated heterocycles. The van der Waals surface area contributed by atoms with E-state index < -0.39 is 5.91 Å². The van der Waals surface area contributed by atoms with Crippen molar-refractivity contribution in [3.8, 4) is 11.8 Å². The normalized spacial score (nSPS) is 11.3. The van der Waals surface area contributed by atoms with Gasteiger partial charge in [0.05, 0.1) is 0 Å². The van der Waals surface area contributed by atoms with Crippen molar-refractivity contribution in [1.82, 2.24) is 9.55 Å². The topological polar surface area (TPSA) is 70.7 Å². The third-order valence-electron chi connectivity index (χ3n) is 4.58. The van der Waals surface area contributed by atoms with Crippen LogP contribution in [0.3, 0.4) is 0 Å². The second-order valence-electron chi connectivity index (χ2n) is 6.58. The molecule has 1 aromatic carbocycles. The zero-order valence-electron chi connectivity index (χ0n) is 16.4. The fourth-order valence-electron chi connectivity index (χ4n) is 3.09. The molecule has 0 bridgehead atoms. The van der Waals surface area contributed by atoms with Crippen LogP contribution in [-0.2, 0) is 11.2 Å². The van der Waals surface area contributed by atoms with Gasteiger partial charge in [-0.1, -0.05) is 19.1 Å². The molecule has 3 rings (SSSR count). The van der Waals surface area contributed by atoms with E-state index in [4.69, 9.17) is 0 Å². The van der Waals surface area contributed by atoms with Gasteiger partial charge in [0.15, 0.2) is 5.13 Å². The summed E-state index contributed by atoms with van der Waals surface area (Å²) in [7, 11) is 0. The van der Waals surface area contributed by atoms with Crippen molar-refractivity contribution in [2.75, 3.05) is 5.32 Å². The van der Waals surface area contributed by atoms with Crippen molar-refractivity contribution >= 4 is 28.5 Å². The Bertz CT molecular complexity index is 1080. The summed E-state index contributed by atoms with van der Waals surface area (Å²) in [5.74, 6) is -0.450. The first kappa shape index (κ1) is 19.6. The van der Waals surface area contributed by atoms with Gasteiger partial charge in [-0.05, 0) is 62.6 Å². The number of benzene rings is 1. The summed E-state index contributed by atoms with van der Waals surface area (Å²) >= 11 is 1.38. The van der Waals surface area contributed by atoms with Crippen LogP contribution >= 0.6 is 11.3 Å². The SMILES string of the molecule is CCc1ccc(-n2c(C)cc(/C=C(/C#N)C(=O)Nc3ncc(C)s3)c2C)cc1. The fourth-order valence-corrected chi connectivity index (χ4v) is 3.75. The molecule has 0 aliphatic rings. The zero-order valence-corrected chi connectivity index (χ0v) is 17.2. The molecule has 3 aromatic rings. The number of thiazole rings is 1. The smallest absolute Gasteiger partial charge is 0.268 e. The Morgan fingerprint density at radius 2 is 2.00 bits per heavy atom. The molecule has 28 heavy (non-hydrogen) atoms. The van der Waals surface area contributed by atoms with Crippen molar-refractivity contribution in [2.45, 2.75) is 34.1 Å². The molecule has 0 radical (unpaired) electrons. The molecule has 142 valence electrons. The van der Waals surface area contributed by atoms with Crippen molar-refractivity contribution in [1.29, 1.82) is 5.26 Å². The van der Waals surface area contributed by atoms with Gasteiger partial charge in [0.1, 0.15) is 11.6 Å². The molecule has 1 amide bonds. The van der Waals surface area contributed by atoms with Crippen molar-refractivity contribution in [3.05, 3.63) is 69.5 Å². The van der Waals surface area contributed by atoms with Crippen LogP contribution in [0.1, 0.15) is 34.3 Å². The van der Waals surface area contributed by atoms with Crippen LogP contribution < -0.4 is 5.32 Å². The number of rotatable bonds is 5. The fraction of sp³-hybridized carbons (Fsp3) is 0.227. The van der Waals surface area contributed by atoms with E-state index in [2.05, 4.69) is 46.1 Å². The van der Waals surface area contributed by atoms with Gasteiger partial charge in [-0.15, -0.1) is 11.3 Å². The van der Waals surface area contributed by atoms with Crippen LogP contribution in [0.4, 0.5) is 5.13 Å². The number of nitrogens with zero attached hydrogens (tertiary/aromatic N) is 3. The number of nitrogens with one attached hydrogen (secondary N) is 1. The lowest BCUT2D eigenvalue weighted by atomic mass is 10.1. The highest BCUT2D eigenvalue weighted by atomic mass is 32.1. The molecular formula is C22H22N4OS. The van der Waals surface area contributed by atoms with Gasteiger partial charge in [0.2, 0.25) is 0 Å². The van der Waals surface area contributed by atoms with Gasteiger partial charge in [0.25, 0.3) is 5.91 Å². The molecule has 0 aliphatic heterocycles. The van der Waals surface area contributed by atoms with Crippen LogP contribution in [0, 0.1) is 32.1 Å². The molecule has 0 spiro atoms. The van der Waals surface area contributed by atoms with Gasteiger partial charge in [-0.25, -0.2) is 4.98 Å². The Labute approximate surface area is 169 Å². The highest BCUT2D eigenvalue weighted by Crippen LogP contribution is 2.24. The third-order valence-corrected chi connectivity index (χ3v) is 5.41. The van der Waals surface area contributed by atoms with E-state index >= 15 is 0 Å². The molecule has 1 N–H and O–H groups in total. The van der Waals surface area contributed by atoms with Gasteiger partial charge in [-0.3, -0.25) is 10.1 Å². The number of hydrogen-bond acceptors (Lipinski definition) is 4. The number of aromatic nitrogens is 2. The number of amides is 1. The molecule has 0 atom stereocenters. The van der Waals surface area contributed by atoms with Crippen LogP contribution in [0.5, 0.6) is 0 Å². The van der Waals surface area contributed by atoms with E-state index in [-0.39, 0.29) is 5.57 Å². The molecule has 2 aromatic heterocycles. The lowest BCUT2D eigenvalue weighted by molar-refractivity contribution is -0.112. The van der Waals surface area contributed by atoms with E-state index in [1.165, 1.54) is 16.9 Å². The van der Waals surface area contributed by atoms with E-state index in [1.807, 2.05) is 32.9 Å². The van der Waals surface area contributed by atoms with Gasteiger partial charge >= 0.3 is 0 Å². The number of nitriles is 1. The second-order valence-corrected chi connectivity index (χ2v) is 7.82. The minimum absolute atomic E-state index is 0.0504. The summed E-state index contributed by atoms with van der Waals surface area (Å²) in [5, 5.41) is 12.7. The van der Waals surface area contributed by atoms with Crippen LogP contribution in [-0.4, -0.2) is 15.5 Å². The first-order chi connectivity index (χ1) is 13.4. The standard InChI is InChI=1S/C22H22N4OS/c1-5-17-6-8-20(9-7-17)26-14(2)10-18(16(26)4)11-19(12-23)21(27)25-22-24-13-15(3)28-22/h6-11,13H,5H2,1-4H3,(H,24,25,27)/b19-11-. The summed E-state index contributed by atoms with van der Waals surface area (Å²) in [6, 6.07) is 12.4. The minimum atomic E-state index is -0.450. The number of hydrogen-bond donors (Lipinski definition) is 1. The van der Waals surface area contributed by atoms with Crippen LogP contribution in [0.2, 0.25) is 0 Å². The largest absolute Gasteiger partial charge is 0.318 e. The first-order valence-corrected chi connectivity index (χ1v) is 9.88. The number of carbonyl (C=O) groups excluding carboxylic acids is 1. The summed E-state index contributed by atoms with van der Waals surface area (Å²) in [5.41, 5.74) is 5.27. The molecule has 2 heterocycles. The van der Waals surface area contributed by atoms with Crippen molar-refractivity contribution < 1.29 is 4.79 Å². The number of aryl methyl sites for hydroxylation is 3. The lowest BCUT2D eigenvalue weighted by Crippen LogP contribution is -2.13. The average Bonchev–Trinajstić information content (AvgIpc) is 3.21. The molecule has 0 aliphatic carbocycles. The Morgan fingerprint density at radius 1 is 1.29 bits per heavy atom. The predicted octanol–water partition coefficient (Wildman–Crippen LogP) is 4.97. The zero-order chi connectivity index (χ0) is 20.3. The van der Waals surface area contributed by atoms with E-state index in [9.17, 15) is 10.1 Å². The molecule has 6 heteroatoms. The Kier molecular flexibility index (Phi) is 5.76. The summed E-state index contributed by atoms with van der Waals surface area (Å²) in [4.78, 5) is 17.6. The maximum absolute atomic E-state index is 12.5. The van der Waals surface area contributed by atoms with E-state index in [1.54, 1.807) is 12.3 Å². The lowest BCUT2D eigenvalue weighted by Gasteiger charge is -2.10. The van der Waals surface area contributed by atoms with Gasteiger partial charge in [-0.2, -0.15) is 5.26 Å². The summed E-state index contributed by atoms with van der Waals surface area (Å²) in [6.07, 6.45) is 4.32. The average molecular weight is 391 g/mol. The minimum Gasteiger partial charge on any atom is -0.318 e. The molecule has 0 fully saturated rings. The summed E-state index contributed by atoms with van der Waals surface area (Å²) < 4.78 is 2.13. The van der Waals surface area contributed by atoms with Crippen molar-refractivity contribution in [2.24, 2.45) is 0 Å². The van der Waals surface area contributed by atoms with E-state index in [0.29, 0.717) is 5.13 Å². The Hall–Kier alpha value is -3.17. The van der Waals surface area contributed by atoms with Crippen LogP contribution in [0.25, 0.3) is 11.8 Å². The van der Waals surface area contributed by atoms with Gasteiger partial charge in [0, 0.05) is 28.1 Å². The maximum Gasteiger partial charge on any atom is 0.268 e. The Balaban J connectivity index is 1.91. The van der Waals surface area contributed by atoms with Gasteiger partial charge < -0.3 is 4.57 Å². The molecule has 0 unspecified atom stereocenters. The monoisotopic (exact) mass is 390 g/mol. The second kappa shape index (κ2) is 8.24. The summed E-state index contributed by atoms with van der Waals surface area (Å²) in [6.45, 7) is 8.05.